The van der Waals surface area contributed by atoms with Crippen LogP contribution in [0, 0.1) is 0 Å². The maximum Gasteiger partial charge on any atom is 0.240 e. The standard InChI is InChI=1S/C15H20N4O2/c1-19-7-5-12(6-8-19)20-13-4-2-3-11(9-13)15-17-14(10-16)21-18-15/h2-4,9,12H,5-8,10,16H2,1H3. The van der Waals surface area contributed by atoms with Gasteiger partial charge in [-0.05, 0) is 32.0 Å². The van der Waals surface area contributed by atoms with E-state index in [9.17, 15) is 0 Å². The average molecular weight is 288 g/mol. The molecule has 1 saturated heterocycles. The molecule has 2 heterocycles. The molecular weight excluding hydrogens is 268 g/mol. The summed E-state index contributed by atoms with van der Waals surface area (Å²) < 4.78 is 11.1. The molecule has 112 valence electrons. The van der Waals surface area contributed by atoms with E-state index in [0.29, 0.717) is 11.7 Å². The molecule has 3 rings (SSSR count). The van der Waals surface area contributed by atoms with Crippen molar-refractivity contribution in [2.75, 3.05) is 20.1 Å². The summed E-state index contributed by atoms with van der Waals surface area (Å²) in [7, 11) is 2.14. The molecule has 1 aromatic carbocycles. The van der Waals surface area contributed by atoms with Gasteiger partial charge in [0, 0.05) is 18.7 Å². The summed E-state index contributed by atoms with van der Waals surface area (Å²) >= 11 is 0. The number of hydrogen-bond donors (Lipinski definition) is 1. The highest BCUT2D eigenvalue weighted by Crippen LogP contribution is 2.24. The number of aromatic nitrogens is 2. The summed E-state index contributed by atoms with van der Waals surface area (Å²) in [6, 6.07) is 7.79. The molecule has 0 radical (unpaired) electrons. The molecule has 2 aromatic rings. The molecule has 1 fully saturated rings. The SMILES string of the molecule is CN1CCC(Oc2cccc(-c3noc(CN)n3)c2)CC1. The number of likely N-dealkylation sites (tertiary alicyclic amines) is 1. The Hall–Kier alpha value is -1.92. The van der Waals surface area contributed by atoms with Crippen LogP contribution in [0.5, 0.6) is 5.75 Å². The minimum Gasteiger partial charge on any atom is -0.490 e. The summed E-state index contributed by atoms with van der Waals surface area (Å²) in [5.74, 6) is 1.83. The second-order valence-electron chi connectivity index (χ2n) is 5.36. The Morgan fingerprint density at radius 2 is 2.19 bits per heavy atom. The number of nitrogens with two attached hydrogens (primary N) is 1. The molecule has 0 spiro atoms. The summed E-state index contributed by atoms with van der Waals surface area (Å²) in [5.41, 5.74) is 6.36. The molecule has 0 aliphatic carbocycles. The Bertz CT molecular complexity index is 591. The Labute approximate surface area is 123 Å². The molecule has 0 amide bonds. The highest BCUT2D eigenvalue weighted by molar-refractivity contribution is 5.56. The number of rotatable bonds is 4. The van der Waals surface area contributed by atoms with Gasteiger partial charge in [-0.2, -0.15) is 4.98 Å². The van der Waals surface area contributed by atoms with Crippen molar-refractivity contribution in [3.8, 4) is 17.1 Å². The molecule has 1 aliphatic rings. The van der Waals surface area contributed by atoms with Crippen LogP contribution >= 0.6 is 0 Å². The van der Waals surface area contributed by atoms with Crippen LogP contribution in [-0.4, -0.2) is 41.3 Å². The van der Waals surface area contributed by atoms with Crippen LogP contribution < -0.4 is 10.5 Å². The van der Waals surface area contributed by atoms with Crippen molar-refractivity contribution in [3.63, 3.8) is 0 Å². The van der Waals surface area contributed by atoms with E-state index in [1.807, 2.05) is 24.3 Å². The third-order valence-electron chi connectivity index (χ3n) is 3.70. The van der Waals surface area contributed by atoms with Gasteiger partial charge in [0.2, 0.25) is 11.7 Å². The van der Waals surface area contributed by atoms with E-state index in [2.05, 4.69) is 22.1 Å². The van der Waals surface area contributed by atoms with Crippen molar-refractivity contribution in [1.29, 1.82) is 0 Å². The molecule has 0 unspecified atom stereocenters. The fourth-order valence-electron chi connectivity index (χ4n) is 2.46. The van der Waals surface area contributed by atoms with Gasteiger partial charge in [-0.25, -0.2) is 0 Å². The van der Waals surface area contributed by atoms with Crippen LogP contribution in [-0.2, 0) is 6.54 Å². The molecule has 1 aliphatic heterocycles. The highest BCUT2D eigenvalue weighted by atomic mass is 16.5. The molecular formula is C15H20N4O2. The summed E-state index contributed by atoms with van der Waals surface area (Å²) in [6.45, 7) is 2.41. The monoisotopic (exact) mass is 288 g/mol. The predicted molar refractivity (Wildman–Crippen MR) is 78.8 cm³/mol. The van der Waals surface area contributed by atoms with E-state index < -0.39 is 0 Å². The Morgan fingerprint density at radius 3 is 2.90 bits per heavy atom. The van der Waals surface area contributed by atoms with E-state index >= 15 is 0 Å². The van der Waals surface area contributed by atoms with Crippen LogP contribution in [0.1, 0.15) is 18.7 Å². The van der Waals surface area contributed by atoms with Gasteiger partial charge in [0.25, 0.3) is 0 Å². The summed E-state index contributed by atoms with van der Waals surface area (Å²) in [6.07, 6.45) is 2.39. The van der Waals surface area contributed by atoms with Gasteiger partial charge in [0.15, 0.2) is 0 Å². The number of benzene rings is 1. The summed E-state index contributed by atoms with van der Waals surface area (Å²) in [5, 5.41) is 3.93. The first kappa shape index (κ1) is 14.0. The lowest BCUT2D eigenvalue weighted by Crippen LogP contribution is -2.35. The molecule has 0 atom stereocenters. The van der Waals surface area contributed by atoms with Gasteiger partial charge in [-0.3, -0.25) is 0 Å². The maximum atomic E-state index is 6.06. The lowest BCUT2D eigenvalue weighted by molar-refractivity contribution is 0.114. The zero-order valence-electron chi connectivity index (χ0n) is 12.2. The Balaban J connectivity index is 1.71. The molecule has 1 aromatic heterocycles. The van der Waals surface area contributed by atoms with Crippen LogP contribution in [0.2, 0.25) is 0 Å². The van der Waals surface area contributed by atoms with E-state index in [-0.39, 0.29) is 12.6 Å². The van der Waals surface area contributed by atoms with E-state index in [4.69, 9.17) is 15.0 Å². The zero-order chi connectivity index (χ0) is 14.7. The molecule has 0 saturated carbocycles. The van der Waals surface area contributed by atoms with Gasteiger partial charge in [0.05, 0.1) is 6.54 Å². The van der Waals surface area contributed by atoms with Gasteiger partial charge >= 0.3 is 0 Å². The number of piperidine rings is 1. The van der Waals surface area contributed by atoms with Crippen molar-refractivity contribution < 1.29 is 9.26 Å². The average Bonchev–Trinajstić information content (AvgIpc) is 2.99. The van der Waals surface area contributed by atoms with Crippen molar-refractivity contribution in [2.24, 2.45) is 5.73 Å². The largest absolute Gasteiger partial charge is 0.490 e. The minimum absolute atomic E-state index is 0.249. The lowest BCUT2D eigenvalue weighted by Gasteiger charge is -2.29. The highest BCUT2D eigenvalue weighted by Gasteiger charge is 2.18. The molecule has 21 heavy (non-hydrogen) atoms. The Kier molecular flexibility index (Phi) is 4.17. The predicted octanol–water partition coefficient (Wildman–Crippen LogP) is 1.67. The minimum atomic E-state index is 0.249. The lowest BCUT2D eigenvalue weighted by atomic mass is 10.1. The zero-order valence-corrected chi connectivity index (χ0v) is 12.2. The van der Waals surface area contributed by atoms with Gasteiger partial charge in [-0.1, -0.05) is 17.3 Å². The van der Waals surface area contributed by atoms with Gasteiger partial charge < -0.3 is 19.9 Å². The Morgan fingerprint density at radius 1 is 1.38 bits per heavy atom. The van der Waals surface area contributed by atoms with Crippen molar-refractivity contribution in [2.45, 2.75) is 25.5 Å². The fourth-order valence-corrected chi connectivity index (χ4v) is 2.46. The van der Waals surface area contributed by atoms with Crippen LogP contribution in [0.15, 0.2) is 28.8 Å². The second-order valence-corrected chi connectivity index (χ2v) is 5.36. The number of nitrogens with zero attached hydrogens (tertiary/aromatic N) is 3. The van der Waals surface area contributed by atoms with Crippen molar-refractivity contribution in [1.82, 2.24) is 15.0 Å². The first-order valence-corrected chi connectivity index (χ1v) is 7.23. The smallest absolute Gasteiger partial charge is 0.240 e. The van der Waals surface area contributed by atoms with Crippen molar-refractivity contribution >= 4 is 0 Å². The third-order valence-corrected chi connectivity index (χ3v) is 3.70. The normalized spacial score (nSPS) is 17.0. The van der Waals surface area contributed by atoms with Crippen LogP contribution in [0.4, 0.5) is 0 Å². The molecule has 0 bridgehead atoms. The first-order chi connectivity index (χ1) is 10.2. The third kappa shape index (κ3) is 3.40. The second kappa shape index (κ2) is 6.24. The van der Waals surface area contributed by atoms with E-state index in [0.717, 1.165) is 37.2 Å². The first-order valence-electron chi connectivity index (χ1n) is 7.23. The molecule has 2 N–H and O–H groups in total. The quantitative estimate of drug-likeness (QED) is 0.922. The fraction of sp³-hybridized carbons (Fsp3) is 0.467. The topological polar surface area (TPSA) is 77.4 Å². The van der Waals surface area contributed by atoms with Gasteiger partial charge in [0.1, 0.15) is 11.9 Å². The summed E-state index contributed by atoms with van der Waals surface area (Å²) in [4.78, 5) is 6.56. The van der Waals surface area contributed by atoms with E-state index in [1.165, 1.54) is 0 Å². The van der Waals surface area contributed by atoms with Crippen molar-refractivity contribution in [3.05, 3.63) is 30.2 Å². The van der Waals surface area contributed by atoms with Gasteiger partial charge in [-0.15, -0.1) is 0 Å². The number of ether oxygens (including phenoxy) is 1. The van der Waals surface area contributed by atoms with Crippen LogP contribution in [0.3, 0.4) is 0 Å². The maximum absolute atomic E-state index is 6.06. The van der Waals surface area contributed by atoms with Crippen LogP contribution in [0.25, 0.3) is 11.4 Å². The molecule has 6 heteroatoms. The number of hydrogen-bond acceptors (Lipinski definition) is 6. The molecule has 6 nitrogen and oxygen atoms in total. The van der Waals surface area contributed by atoms with E-state index in [1.54, 1.807) is 0 Å².